The molecule has 0 bridgehead atoms. The van der Waals surface area contributed by atoms with E-state index in [-0.39, 0.29) is 24.4 Å². The van der Waals surface area contributed by atoms with Gasteiger partial charge in [0.25, 0.3) is 5.91 Å². The number of carbonyl (C=O) groups excluding carboxylic acids is 1. The van der Waals surface area contributed by atoms with Crippen molar-refractivity contribution in [3.63, 3.8) is 0 Å². The Balaban J connectivity index is 0.00000162. The molecule has 1 saturated carbocycles. The molecule has 1 fully saturated rings. The van der Waals surface area contributed by atoms with Gasteiger partial charge in [-0.15, -0.1) is 23.7 Å². The highest BCUT2D eigenvalue weighted by molar-refractivity contribution is 7.13. The molecule has 2 atom stereocenters. The van der Waals surface area contributed by atoms with Gasteiger partial charge in [-0.05, 0) is 32.2 Å². The third-order valence-electron chi connectivity index (χ3n) is 3.37. The molecule has 1 aliphatic carbocycles. The van der Waals surface area contributed by atoms with E-state index in [0.717, 1.165) is 17.8 Å². The lowest BCUT2D eigenvalue weighted by molar-refractivity contribution is 0.0912. The summed E-state index contributed by atoms with van der Waals surface area (Å²) in [5, 5.41) is 4.03. The fraction of sp³-hybridized carbons (Fsp3) is 0.667. The van der Waals surface area contributed by atoms with Crippen LogP contribution < -0.4 is 11.1 Å². The maximum absolute atomic E-state index is 12.0. The molecule has 1 aromatic rings. The fourth-order valence-corrected chi connectivity index (χ4v) is 3.07. The third kappa shape index (κ3) is 3.67. The first-order valence-corrected chi connectivity index (χ1v) is 6.95. The summed E-state index contributed by atoms with van der Waals surface area (Å²) >= 11 is 1.44. The van der Waals surface area contributed by atoms with Crippen molar-refractivity contribution in [3.05, 3.63) is 16.1 Å². The fourth-order valence-electron chi connectivity index (χ4n) is 2.39. The second kappa shape index (κ2) is 7.07. The zero-order valence-electron chi connectivity index (χ0n) is 10.5. The third-order valence-corrected chi connectivity index (χ3v) is 4.28. The maximum Gasteiger partial charge on any atom is 0.263 e. The van der Waals surface area contributed by atoms with E-state index in [1.807, 2.05) is 6.92 Å². The number of nitrogens with two attached hydrogens (primary N) is 1. The molecule has 0 radical (unpaired) electrons. The Morgan fingerprint density at radius 2 is 2.28 bits per heavy atom. The first-order chi connectivity index (χ1) is 8.20. The summed E-state index contributed by atoms with van der Waals surface area (Å²) in [6, 6.07) is 0.239. The van der Waals surface area contributed by atoms with Gasteiger partial charge in [0, 0.05) is 6.04 Å². The second-order valence-corrected chi connectivity index (χ2v) is 5.84. The Labute approximate surface area is 118 Å². The van der Waals surface area contributed by atoms with E-state index in [2.05, 4.69) is 10.3 Å². The van der Waals surface area contributed by atoms with Crippen LogP contribution in [0.1, 0.15) is 40.4 Å². The number of amides is 1. The number of hydrogen-bond acceptors (Lipinski definition) is 4. The molecule has 1 aromatic heterocycles. The molecule has 2 unspecified atom stereocenters. The van der Waals surface area contributed by atoms with Crippen molar-refractivity contribution in [1.82, 2.24) is 10.3 Å². The van der Waals surface area contributed by atoms with Crippen LogP contribution in [0.2, 0.25) is 0 Å². The standard InChI is InChI=1S/C12H19N3OS.ClH/c1-8-14-7-11(17-8)12(16)15-10-5-3-2-4-9(10)6-13;/h7,9-10H,2-6,13H2,1H3,(H,15,16);1H. The minimum absolute atomic E-state index is 0. The molecular formula is C12H20ClN3OS. The predicted octanol–water partition coefficient (Wildman–Crippen LogP) is 2.12. The second-order valence-electron chi connectivity index (χ2n) is 4.60. The van der Waals surface area contributed by atoms with Gasteiger partial charge in [-0.3, -0.25) is 4.79 Å². The first kappa shape index (κ1) is 15.4. The SMILES string of the molecule is Cc1ncc(C(=O)NC2CCCCC2CN)s1.Cl. The topological polar surface area (TPSA) is 68.0 Å². The summed E-state index contributed by atoms with van der Waals surface area (Å²) in [7, 11) is 0. The summed E-state index contributed by atoms with van der Waals surface area (Å²) in [6.45, 7) is 2.57. The zero-order valence-corrected chi connectivity index (χ0v) is 12.1. The van der Waals surface area contributed by atoms with E-state index in [0.29, 0.717) is 17.3 Å². The highest BCUT2D eigenvalue weighted by Gasteiger charge is 2.26. The van der Waals surface area contributed by atoms with Crippen LogP contribution in [0.3, 0.4) is 0 Å². The van der Waals surface area contributed by atoms with E-state index in [4.69, 9.17) is 5.73 Å². The lowest BCUT2D eigenvalue weighted by atomic mass is 9.84. The number of aryl methyl sites for hydroxylation is 1. The molecule has 3 N–H and O–H groups in total. The molecule has 18 heavy (non-hydrogen) atoms. The number of rotatable bonds is 3. The minimum Gasteiger partial charge on any atom is -0.348 e. The summed E-state index contributed by atoms with van der Waals surface area (Å²) in [5.41, 5.74) is 5.75. The van der Waals surface area contributed by atoms with Crippen LogP contribution in [-0.2, 0) is 0 Å². The summed E-state index contributed by atoms with van der Waals surface area (Å²) in [5.74, 6) is 0.433. The molecule has 2 rings (SSSR count). The monoisotopic (exact) mass is 289 g/mol. The Kier molecular flexibility index (Phi) is 6.05. The van der Waals surface area contributed by atoms with Crippen molar-refractivity contribution in [2.75, 3.05) is 6.54 Å². The van der Waals surface area contributed by atoms with Crippen LogP contribution >= 0.6 is 23.7 Å². The van der Waals surface area contributed by atoms with Crippen LogP contribution in [0.4, 0.5) is 0 Å². The molecule has 4 nitrogen and oxygen atoms in total. The Morgan fingerprint density at radius 1 is 1.56 bits per heavy atom. The number of nitrogens with one attached hydrogen (secondary N) is 1. The molecule has 1 aliphatic rings. The normalized spacial score (nSPS) is 23.2. The van der Waals surface area contributed by atoms with Crippen molar-refractivity contribution in [2.24, 2.45) is 11.7 Å². The number of carbonyl (C=O) groups is 1. The molecule has 0 spiro atoms. The largest absolute Gasteiger partial charge is 0.348 e. The number of hydrogen-bond donors (Lipinski definition) is 2. The maximum atomic E-state index is 12.0. The minimum atomic E-state index is 0. The van der Waals surface area contributed by atoms with E-state index in [1.165, 1.54) is 24.2 Å². The van der Waals surface area contributed by atoms with Gasteiger partial charge in [-0.1, -0.05) is 12.8 Å². The van der Waals surface area contributed by atoms with Gasteiger partial charge in [-0.25, -0.2) is 4.98 Å². The molecule has 1 heterocycles. The molecule has 1 amide bonds. The summed E-state index contributed by atoms with van der Waals surface area (Å²) in [4.78, 5) is 16.8. The van der Waals surface area contributed by atoms with Crippen LogP contribution in [0.25, 0.3) is 0 Å². The van der Waals surface area contributed by atoms with Gasteiger partial charge in [0.05, 0.1) is 11.2 Å². The van der Waals surface area contributed by atoms with Crippen molar-refractivity contribution in [3.8, 4) is 0 Å². The van der Waals surface area contributed by atoms with Crippen molar-refractivity contribution in [1.29, 1.82) is 0 Å². The molecule has 6 heteroatoms. The predicted molar refractivity (Wildman–Crippen MR) is 76.4 cm³/mol. The smallest absolute Gasteiger partial charge is 0.263 e. The van der Waals surface area contributed by atoms with Crippen LogP contribution in [0, 0.1) is 12.8 Å². The van der Waals surface area contributed by atoms with Gasteiger partial charge in [-0.2, -0.15) is 0 Å². The lowest BCUT2D eigenvalue weighted by Crippen LogP contribution is -2.44. The van der Waals surface area contributed by atoms with E-state index in [9.17, 15) is 4.79 Å². The van der Waals surface area contributed by atoms with Gasteiger partial charge >= 0.3 is 0 Å². The average Bonchev–Trinajstić information content (AvgIpc) is 2.77. The molecular weight excluding hydrogens is 270 g/mol. The highest BCUT2D eigenvalue weighted by Crippen LogP contribution is 2.24. The molecule has 0 aromatic carbocycles. The molecule has 102 valence electrons. The van der Waals surface area contributed by atoms with Gasteiger partial charge in [0.2, 0.25) is 0 Å². The highest BCUT2D eigenvalue weighted by atomic mass is 35.5. The van der Waals surface area contributed by atoms with E-state index in [1.54, 1.807) is 6.20 Å². The summed E-state index contributed by atoms with van der Waals surface area (Å²) < 4.78 is 0. The Morgan fingerprint density at radius 3 is 2.89 bits per heavy atom. The van der Waals surface area contributed by atoms with Crippen molar-refractivity contribution in [2.45, 2.75) is 38.6 Å². The van der Waals surface area contributed by atoms with Gasteiger partial charge < -0.3 is 11.1 Å². The van der Waals surface area contributed by atoms with Crippen molar-refractivity contribution < 1.29 is 4.79 Å². The van der Waals surface area contributed by atoms with Gasteiger partial charge in [0.15, 0.2) is 0 Å². The van der Waals surface area contributed by atoms with Gasteiger partial charge in [0.1, 0.15) is 4.88 Å². The van der Waals surface area contributed by atoms with Crippen LogP contribution in [0.15, 0.2) is 6.20 Å². The Bertz CT molecular complexity index is 396. The summed E-state index contributed by atoms with van der Waals surface area (Å²) in [6.07, 6.45) is 6.24. The Hall–Kier alpha value is -0.650. The van der Waals surface area contributed by atoms with Crippen LogP contribution in [0.5, 0.6) is 0 Å². The average molecular weight is 290 g/mol. The van der Waals surface area contributed by atoms with E-state index < -0.39 is 0 Å². The number of aromatic nitrogens is 1. The van der Waals surface area contributed by atoms with Crippen molar-refractivity contribution >= 4 is 29.7 Å². The number of thiazole rings is 1. The lowest BCUT2D eigenvalue weighted by Gasteiger charge is -2.31. The number of nitrogens with zero attached hydrogens (tertiary/aromatic N) is 1. The first-order valence-electron chi connectivity index (χ1n) is 6.14. The van der Waals surface area contributed by atoms with Crippen LogP contribution in [-0.4, -0.2) is 23.5 Å². The molecule has 0 saturated heterocycles. The zero-order chi connectivity index (χ0) is 12.3. The van der Waals surface area contributed by atoms with E-state index >= 15 is 0 Å². The molecule has 0 aliphatic heterocycles. The quantitative estimate of drug-likeness (QED) is 0.896. The number of halogens is 1.